The molecule has 0 saturated heterocycles. The maximum absolute atomic E-state index is 10.9. The van der Waals surface area contributed by atoms with E-state index in [-0.39, 0.29) is 11.6 Å². The van der Waals surface area contributed by atoms with Crippen LogP contribution in [0.4, 0.5) is 0 Å². The van der Waals surface area contributed by atoms with Gasteiger partial charge >= 0.3 is 11.6 Å². The number of nitrogens with zero attached hydrogens (tertiary/aromatic N) is 3. The van der Waals surface area contributed by atoms with Gasteiger partial charge in [0, 0.05) is 0 Å². The van der Waals surface area contributed by atoms with Gasteiger partial charge in [-0.05, 0) is 6.72 Å². The third-order valence-electron chi connectivity index (χ3n) is 1.14. The average molecular weight is 183 g/mol. The van der Waals surface area contributed by atoms with Crippen LogP contribution in [0.5, 0.6) is 5.88 Å². The summed E-state index contributed by atoms with van der Waals surface area (Å²) in [5.74, 6) is 3.68. The Morgan fingerprint density at radius 1 is 1.62 bits per heavy atom. The van der Waals surface area contributed by atoms with E-state index in [0.717, 1.165) is 0 Å². The van der Waals surface area contributed by atoms with E-state index in [9.17, 15) is 9.59 Å². The highest BCUT2D eigenvalue weighted by Gasteiger charge is 2.14. The molecule has 0 atom stereocenters. The molecule has 1 aromatic rings. The van der Waals surface area contributed by atoms with Crippen molar-refractivity contribution >= 4 is 12.6 Å². The molecule has 3 N–H and O–H groups in total. The zero-order chi connectivity index (χ0) is 9.84. The van der Waals surface area contributed by atoms with Crippen molar-refractivity contribution in [3.63, 3.8) is 0 Å². The molecule has 1 rings (SSSR count). The number of H-pyrrole nitrogens is 1. The van der Waals surface area contributed by atoms with E-state index < -0.39 is 11.6 Å². The SMILES string of the molecule is C=NC(=O)c1nnc(=O)[nH]c1ON. The lowest BCUT2D eigenvalue weighted by atomic mass is 10.4. The molecule has 0 aliphatic heterocycles. The molecule has 8 heteroatoms. The third-order valence-corrected chi connectivity index (χ3v) is 1.14. The monoisotopic (exact) mass is 183 g/mol. The molecule has 0 aromatic carbocycles. The zero-order valence-corrected chi connectivity index (χ0v) is 6.35. The number of hydrogen-bond acceptors (Lipinski definition) is 6. The highest BCUT2D eigenvalue weighted by molar-refractivity contribution is 5.96. The lowest BCUT2D eigenvalue weighted by Gasteiger charge is -1.99. The molecule has 0 radical (unpaired) electrons. The Kier molecular flexibility index (Phi) is 2.45. The molecule has 8 nitrogen and oxygen atoms in total. The summed E-state index contributed by atoms with van der Waals surface area (Å²) in [7, 11) is 0. The van der Waals surface area contributed by atoms with Crippen LogP contribution < -0.4 is 16.4 Å². The van der Waals surface area contributed by atoms with Crippen molar-refractivity contribution in [1.82, 2.24) is 15.2 Å². The summed E-state index contributed by atoms with van der Waals surface area (Å²) in [5.41, 5.74) is -1.07. The van der Waals surface area contributed by atoms with Crippen LogP contribution >= 0.6 is 0 Å². The van der Waals surface area contributed by atoms with E-state index in [2.05, 4.69) is 31.7 Å². The quantitative estimate of drug-likeness (QED) is 0.414. The molecule has 1 amide bonds. The molecule has 0 fully saturated rings. The van der Waals surface area contributed by atoms with E-state index in [0.29, 0.717) is 0 Å². The maximum atomic E-state index is 10.9. The van der Waals surface area contributed by atoms with Crippen LogP contribution in [0.15, 0.2) is 9.79 Å². The predicted octanol–water partition coefficient (Wildman–Crippen LogP) is -1.74. The van der Waals surface area contributed by atoms with Crippen molar-refractivity contribution in [2.75, 3.05) is 0 Å². The zero-order valence-electron chi connectivity index (χ0n) is 6.35. The van der Waals surface area contributed by atoms with Gasteiger partial charge in [0.05, 0.1) is 0 Å². The highest BCUT2D eigenvalue weighted by Crippen LogP contribution is 2.07. The van der Waals surface area contributed by atoms with Crippen LogP contribution in [-0.2, 0) is 0 Å². The molecule has 1 aromatic heterocycles. The number of hydrogen-bond donors (Lipinski definition) is 2. The van der Waals surface area contributed by atoms with E-state index in [1.807, 2.05) is 0 Å². The van der Waals surface area contributed by atoms with Crippen LogP contribution in [0, 0.1) is 0 Å². The molecule has 13 heavy (non-hydrogen) atoms. The Bertz CT molecular complexity index is 397. The number of amides is 1. The fraction of sp³-hybridized carbons (Fsp3) is 0. The first-order valence-electron chi connectivity index (χ1n) is 3.04. The first kappa shape index (κ1) is 9.00. The van der Waals surface area contributed by atoms with Crippen molar-refractivity contribution in [1.29, 1.82) is 0 Å². The van der Waals surface area contributed by atoms with Gasteiger partial charge in [-0.2, -0.15) is 5.90 Å². The summed E-state index contributed by atoms with van der Waals surface area (Å²) < 4.78 is 0. The van der Waals surface area contributed by atoms with Crippen molar-refractivity contribution in [3.05, 3.63) is 16.2 Å². The van der Waals surface area contributed by atoms with Gasteiger partial charge < -0.3 is 4.84 Å². The third kappa shape index (κ3) is 1.73. The summed E-state index contributed by atoms with van der Waals surface area (Å²) in [4.78, 5) is 30.8. The Balaban J connectivity index is 3.28. The number of rotatable bonds is 2. The Morgan fingerprint density at radius 2 is 2.31 bits per heavy atom. The van der Waals surface area contributed by atoms with E-state index >= 15 is 0 Å². The summed E-state index contributed by atoms with van der Waals surface area (Å²) in [6, 6.07) is 0. The number of carbonyl (C=O) groups is 1. The molecule has 0 bridgehead atoms. The second-order valence-electron chi connectivity index (χ2n) is 1.89. The molecule has 0 aliphatic rings. The summed E-state index contributed by atoms with van der Waals surface area (Å²) in [6.07, 6.45) is 0. The second kappa shape index (κ2) is 3.54. The molecule has 0 unspecified atom stereocenters. The van der Waals surface area contributed by atoms with Gasteiger partial charge in [-0.25, -0.2) is 9.79 Å². The average Bonchev–Trinajstić information content (AvgIpc) is 2.16. The minimum absolute atomic E-state index is 0.294. The second-order valence-corrected chi connectivity index (χ2v) is 1.89. The van der Waals surface area contributed by atoms with E-state index in [1.54, 1.807) is 0 Å². The largest absolute Gasteiger partial charge is 0.390 e. The van der Waals surface area contributed by atoms with Gasteiger partial charge in [-0.3, -0.25) is 9.78 Å². The standard InChI is InChI=1S/C5H5N5O3/c1-7-3(11)2-4(13-6)8-5(12)10-9-2/h1,6H2,(H,8,10,12). The van der Waals surface area contributed by atoms with Crippen LogP contribution in [0.1, 0.15) is 10.5 Å². The first-order chi connectivity index (χ1) is 6.19. The van der Waals surface area contributed by atoms with Crippen molar-refractivity contribution < 1.29 is 9.63 Å². The van der Waals surface area contributed by atoms with Crippen molar-refractivity contribution in [2.24, 2.45) is 10.9 Å². The summed E-state index contributed by atoms with van der Waals surface area (Å²) in [6.45, 7) is 2.98. The normalized spacial score (nSPS) is 9.31. The van der Waals surface area contributed by atoms with Crippen LogP contribution in [0.2, 0.25) is 0 Å². The Morgan fingerprint density at radius 3 is 2.85 bits per heavy atom. The van der Waals surface area contributed by atoms with E-state index in [4.69, 9.17) is 5.90 Å². The first-order valence-corrected chi connectivity index (χ1v) is 3.04. The smallest absolute Gasteiger partial charge is 0.366 e. The van der Waals surface area contributed by atoms with Crippen molar-refractivity contribution in [3.8, 4) is 5.88 Å². The fourth-order valence-corrected chi connectivity index (χ4v) is 0.622. The molecule has 0 aliphatic carbocycles. The predicted molar refractivity (Wildman–Crippen MR) is 41.3 cm³/mol. The topological polar surface area (TPSA) is 123 Å². The number of nitrogens with one attached hydrogen (secondary N) is 1. The fourth-order valence-electron chi connectivity index (χ4n) is 0.622. The van der Waals surface area contributed by atoms with Gasteiger partial charge in [-0.1, -0.05) is 5.10 Å². The van der Waals surface area contributed by atoms with Gasteiger partial charge in [0.2, 0.25) is 5.69 Å². The number of aromatic amines is 1. The molecular weight excluding hydrogens is 178 g/mol. The molecule has 0 saturated carbocycles. The molecule has 0 spiro atoms. The minimum atomic E-state index is -0.788. The number of nitrogens with two attached hydrogens (primary N) is 1. The van der Waals surface area contributed by atoms with Crippen molar-refractivity contribution in [2.45, 2.75) is 0 Å². The Labute approximate surface area is 71.4 Å². The molecule has 1 heterocycles. The number of aromatic nitrogens is 3. The van der Waals surface area contributed by atoms with Crippen LogP contribution in [0.25, 0.3) is 0 Å². The van der Waals surface area contributed by atoms with E-state index in [1.165, 1.54) is 0 Å². The Hall–Kier alpha value is -2.09. The summed E-state index contributed by atoms with van der Waals surface area (Å²) >= 11 is 0. The molecular formula is C5H5N5O3. The molecule has 68 valence electrons. The highest BCUT2D eigenvalue weighted by atomic mass is 16.6. The van der Waals surface area contributed by atoms with Gasteiger partial charge in [0.25, 0.3) is 5.88 Å². The summed E-state index contributed by atoms with van der Waals surface area (Å²) in [5, 5.41) is 6.29. The van der Waals surface area contributed by atoms with Gasteiger partial charge in [0.15, 0.2) is 0 Å². The lowest BCUT2D eigenvalue weighted by Crippen LogP contribution is -2.20. The lowest BCUT2D eigenvalue weighted by molar-refractivity contribution is 0.0992. The maximum Gasteiger partial charge on any atom is 0.366 e. The minimum Gasteiger partial charge on any atom is -0.390 e. The van der Waals surface area contributed by atoms with Crippen LogP contribution in [0.3, 0.4) is 0 Å². The van der Waals surface area contributed by atoms with Crippen LogP contribution in [-0.4, -0.2) is 27.8 Å². The number of carbonyl (C=O) groups excluding carboxylic acids is 1. The number of aliphatic imine (C=N–C) groups is 1. The van der Waals surface area contributed by atoms with Gasteiger partial charge in [0.1, 0.15) is 0 Å². The van der Waals surface area contributed by atoms with Gasteiger partial charge in [-0.15, -0.1) is 5.10 Å².